The summed E-state index contributed by atoms with van der Waals surface area (Å²) in [6.07, 6.45) is 2.89. The number of aliphatic hydroxyl groups excluding tert-OH is 1. The van der Waals surface area contributed by atoms with Crippen molar-refractivity contribution in [3.8, 4) is 0 Å². The minimum Gasteiger partial charge on any atom is -0.396 e. The highest BCUT2D eigenvalue weighted by Crippen LogP contribution is 2.31. The van der Waals surface area contributed by atoms with Crippen molar-refractivity contribution in [3.63, 3.8) is 0 Å². The molecule has 0 aliphatic carbocycles. The summed E-state index contributed by atoms with van der Waals surface area (Å²) in [5, 5.41) is 9.30. The van der Waals surface area contributed by atoms with E-state index < -0.39 is 0 Å². The summed E-state index contributed by atoms with van der Waals surface area (Å²) in [5.74, 6) is 1.03. The highest BCUT2D eigenvalue weighted by molar-refractivity contribution is 5.42. The summed E-state index contributed by atoms with van der Waals surface area (Å²) < 4.78 is 0. The second-order valence-corrected chi connectivity index (χ2v) is 4.83. The molecule has 0 radical (unpaired) electrons. The van der Waals surface area contributed by atoms with E-state index >= 15 is 0 Å². The van der Waals surface area contributed by atoms with Crippen LogP contribution in [0.15, 0.2) is 18.3 Å². The third kappa shape index (κ3) is 3.43. The molecule has 2 heterocycles. The molecule has 1 saturated heterocycles. The molecule has 1 aromatic heterocycles. The van der Waals surface area contributed by atoms with Crippen molar-refractivity contribution < 1.29 is 5.11 Å². The molecule has 1 aliphatic rings. The Morgan fingerprint density at radius 1 is 1.47 bits per heavy atom. The van der Waals surface area contributed by atoms with E-state index in [1.54, 1.807) is 0 Å². The van der Waals surface area contributed by atoms with E-state index in [0.29, 0.717) is 0 Å². The molecule has 0 spiro atoms. The number of aliphatic hydroxyl groups is 1. The van der Waals surface area contributed by atoms with Gasteiger partial charge in [-0.2, -0.15) is 0 Å². The van der Waals surface area contributed by atoms with Crippen LogP contribution in [0.3, 0.4) is 0 Å². The zero-order valence-corrected chi connectivity index (χ0v) is 11.4. The molecule has 1 aromatic rings. The van der Waals surface area contributed by atoms with E-state index in [-0.39, 0.29) is 12.0 Å². The van der Waals surface area contributed by atoms with Gasteiger partial charge in [0.1, 0.15) is 5.82 Å². The van der Waals surface area contributed by atoms with Gasteiger partial charge in [-0.15, -0.1) is 0 Å². The van der Waals surface area contributed by atoms with Crippen molar-refractivity contribution in [2.75, 3.05) is 24.6 Å². The molecule has 1 fully saturated rings. The lowest BCUT2D eigenvalue weighted by molar-refractivity contribution is 0.162. The van der Waals surface area contributed by atoms with Gasteiger partial charge in [0.15, 0.2) is 0 Å². The molecule has 0 aromatic carbocycles. The monoisotopic (exact) mass is 236 g/mol. The summed E-state index contributed by atoms with van der Waals surface area (Å²) in [7, 11) is 0. The minimum absolute atomic E-state index is 0.0470. The van der Waals surface area contributed by atoms with Gasteiger partial charge in [-0.3, -0.25) is 0 Å². The zero-order chi connectivity index (χ0) is 12.9. The number of aryl methyl sites for hydroxylation is 1. The Morgan fingerprint density at radius 2 is 2.18 bits per heavy atom. The highest BCUT2D eigenvalue weighted by Gasteiger charge is 2.33. The number of hydrogen-bond acceptors (Lipinski definition) is 3. The maximum absolute atomic E-state index is 9.30. The normalized spacial score (nSPS) is 23.2. The average Bonchev–Trinajstić information content (AvgIpc) is 2.76. The molecule has 3 nitrogen and oxygen atoms in total. The molecule has 96 valence electrons. The lowest BCUT2D eigenvalue weighted by Crippen LogP contribution is -2.27. The first-order chi connectivity index (χ1) is 8.13. The predicted octanol–water partition coefficient (Wildman–Crippen LogP) is 2.62. The fourth-order valence-electron chi connectivity index (χ4n) is 2.04. The maximum atomic E-state index is 9.30. The van der Waals surface area contributed by atoms with Crippen LogP contribution in [0, 0.1) is 12.3 Å². The number of nitrogens with zero attached hydrogens (tertiary/aromatic N) is 2. The van der Waals surface area contributed by atoms with Crippen LogP contribution in [0.1, 0.15) is 32.8 Å². The first-order valence-electron chi connectivity index (χ1n) is 6.41. The minimum atomic E-state index is 0.0470. The Kier molecular flexibility index (Phi) is 4.94. The summed E-state index contributed by atoms with van der Waals surface area (Å²) in [6, 6.07) is 4.11. The van der Waals surface area contributed by atoms with Crippen molar-refractivity contribution in [2.24, 2.45) is 5.41 Å². The van der Waals surface area contributed by atoms with Crippen LogP contribution in [0.5, 0.6) is 0 Å². The van der Waals surface area contributed by atoms with Crippen LogP contribution < -0.4 is 4.90 Å². The van der Waals surface area contributed by atoms with Crippen LogP contribution in [-0.4, -0.2) is 29.8 Å². The van der Waals surface area contributed by atoms with E-state index in [1.165, 1.54) is 5.56 Å². The number of rotatable bonds is 2. The molecular formula is C14H24N2O. The zero-order valence-electron chi connectivity index (χ0n) is 11.4. The molecule has 1 atom stereocenters. The first-order valence-corrected chi connectivity index (χ1v) is 6.41. The van der Waals surface area contributed by atoms with Gasteiger partial charge in [0.05, 0.1) is 6.61 Å². The Balaban J connectivity index is 0.000000686. The summed E-state index contributed by atoms with van der Waals surface area (Å²) in [5.41, 5.74) is 1.28. The van der Waals surface area contributed by atoms with Crippen LogP contribution >= 0.6 is 0 Å². The standard InChI is InChI=1S/C12H18N2O.C2H6/c1-10-3-5-13-11(7-10)14-6-4-12(2,8-14)9-15;1-2/h3,5,7,15H,4,6,8-9H2,1-2H3;1-2H3. The van der Waals surface area contributed by atoms with Gasteiger partial charge in [0.25, 0.3) is 0 Å². The van der Waals surface area contributed by atoms with Crippen LogP contribution in [0.2, 0.25) is 0 Å². The lowest BCUT2D eigenvalue weighted by Gasteiger charge is -2.22. The quantitative estimate of drug-likeness (QED) is 0.857. The van der Waals surface area contributed by atoms with E-state index in [0.717, 1.165) is 25.3 Å². The molecule has 2 rings (SSSR count). The Labute approximate surface area is 104 Å². The van der Waals surface area contributed by atoms with Gasteiger partial charge in [-0.05, 0) is 31.0 Å². The van der Waals surface area contributed by atoms with Crippen LogP contribution in [0.25, 0.3) is 0 Å². The highest BCUT2D eigenvalue weighted by atomic mass is 16.3. The third-order valence-corrected chi connectivity index (χ3v) is 3.16. The Bertz CT molecular complexity index is 354. The number of hydrogen-bond donors (Lipinski definition) is 1. The molecule has 3 heteroatoms. The number of pyridine rings is 1. The van der Waals surface area contributed by atoms with Gasteiger partial charge < -0.3 is 10.0 Å². The van der Waals surface area contributed by atoms with Gasteiger partial charge >= 0.3 is 0 Å². The third-order valence-electron chi connectivity index (χ3n) is 3.16. The molecule has 1 unspecified atom stereocenters. The van der Waals surface area contributed by atoms with Gasteiger partial charge in [-0.25, -0.2) is 4.98 Å². The summed E-state index contributed by atoms with van der Waals surface area (Å²) >= 11 is 0. The average molecular weight is 236 g/mol. The second-order valence-electron chi connectivity index (χ2n) is 4.83. The number of anilines is 1. The molecule has 0 saturated carbocycles. The number of aromatic nitrogens is 1. The molecular weight excluding hydrogens is 212 g/mol. The first kappa shape index (κ1) is 14.0. The SMILES string of the molecule is CC.Cc1ccnc(N2CCC(C)(CO)C2)c1. The van der Waals surface area contributed by atoms with Gasteiger partial charge in [-0.1, -0.05) is 20.8 Å². The molecule has 17 heavy (non-hydrogen) atoms. The van der Waals surface area contributed by atoms with Gasteiger partial charge in [0.2, 0.25) is 0 Å². The van der Waals surface area contributed by atoms with Crippen molar-refractivity contribution in [2.45, 2.75) is 34.1 Å². The Morgan fingerprint density at radius 3 is 2.71 bits per heavy atom. The second kappa shape index (κ2) is 6.01. The summed E-state index contributed by atoms with van der Waals surface area (Å²) in [6.45, 7) is 10.4. The molecule has 0 amide bonds. The van der Waals surface area contributed by atoms with E-state index in [2.05, 4.69) is 29.8 Å². The van der Waals surface area contributed by atoms with Crippen LogP contribution in [-0.2, 0) is 0 Å². The van der Waals surface area contributed by atoms with Gasteiger partial charge in [0, 0.05) is 24.7 Å². The van der Waals surface area contributed by atoms with E-state index in [4.69, 9.17) is 0 Å². The molecule has 1 N–H and O–H groups in total. The van der Waals surface area contributed by atoms with Crippen LogP contribution in [0.4, 0.5) is 5.82 Å². The van der Waals surface area contributed by atoms with Crippen molar-refractivity contribution >= 4 is 5.82 Å². The maximum Gasteiger partial charge on any atom is 0.128 e. The van der Waals surface area contributed by atoms with Crippen molar-refractivity contribution in [1.29, 1.82) is 0 Å². The fourth-order valence-corrected chi connectivity index (χ4v) is 2.04. The topological polar surface area (TPSA) is 36.4 Å². The van der Waals surface area contributed by atoms with Crippen molar-refractivity contribution in [3.05, 3.63) is 23.9 Å². The van der Waals surface area contributed by atoms with E-state index in [1.807, 2.05) is 26.1 Å². The fraction of sp³-hybridized carbons (Fsp3) is 0.643. The smallest absolute Gasteiger partial charge is 0.128 e. The van der Waals surface area contributed by atoms with E-state index in [9.17, 15) is 5.11 Å². The Hall–Kier alpha value is -1.09. The summed E-state index contributed by atoms with van der Waals surface area (Å²) in [4.78, 5) is 6.62. The van der Waals surface area contributed by atoms with Crippen molar-refractivity contribution in [1.82, 2.24) is 4.98 Å². The molecule has 1 aliphatic heterocycles. The molecule has 0 bridgehead atoms. The lowest BCUT2D eigenvalue weighted by atomic mass is 9.91. The predicted molar refractivity (Wildman–Crippen MR) is 72.3 cm³/mol. The largest absolute Gasteiger partial charge is 0.396 e.